The van der Waals surface area contributed by atoms with Gasteiger partial charge >= 0.3 is 30.0 Å². The molecule has 0 spiro atoms. The summed E-state index contributed by atoms with van der Waals surface area (Å²) in [7, 11) is 0. The molecule has 1 saturated carbocycles. The fraction of sp³-hybridized carbons (Fsp3) is 0.188. The van der Waals surface area contributed by atoms with E-state index in [1.807, 2.05) is 12.1 Å². The van der Waals surface area contributed by atoms with Gasteiger partial charge in [0.1, 0.15) is 5.71 Å². The topological polar surface area (TPSA) is 197 Å². The number of halogens is 5. The molecular formula is C32H25Cl2F3N8O6. The van der Waals surface area contributed by atoms with Crippen molar-refractivity contribution < 1.29 is 42.2 Å². The molecule has 0 bridgehead atoms. The Morgan fingerprint density at radius 2 is 1.41 bits per heavy atom. The number of carboxylic acids is 1. The van der Waals surface area contributed by atoms with Crippen LogP contribution in [0, 0.1) is 0 Å². The molecule has 3 amide bonds. The van der Waals surface area contributed by atoms with Crippen molar-refractivity contribution in [2.75, 3.05) is 29.1 Å². The summed E-state index contributed by atoms with van der Waals surface area (Å²) in [6, 6.07) is 17.7. The summed E-state index contributed by atoms with van der Waals surface area (Å²) < 4.78 is 43.5. The highest BCUT2D eigenvalue weighted by Crippen LogP contribution is 2.48. The number of hydrogen-bond donors (Lipinski definition) is 5. The Hall–Kier alpha value is -5.81. The molecule has 14 nitrogen and oxygen atoms in total. The van der Waals surface area contributed by atoms with E-state index in [2.05, 4.69) is 41.2 Å². The molecule has 0 unspecified atom stereocenters. The maximum Gasteiger partial charge on any atom is 0.422 e. The van der Waals surface area contributed by atoms with Gasteiger partial charge in [0.25, 0.3) is 5.91 Å². The van der Waals surface area contributed by atoms with E-state index >= 15 is 0 Å². The predicted octanol–water partition coefficient (Wildman–Crippen LogP) is 5.39. The Balaban J connectivity index is 1.25. The van der Waals surface area contributed by atoms with Gasteiger partial charge in [-0.2, -0.15) is 28.1 Å². The molecule has 51 heavy (non-hydrogen) atoms. The van der Waals surface area contributed by atoms with Crippen molar-refractivity contribution in [1.82, 2.24) is 20.3 Å². The van der Waals surface area contributed by atoms with Crippen molar-refractivity contribution in [3.8, 4) is 6.01 Å². The zero-order valence-corrected chi connectivity index (χ0v) is 27.4. The molecule has 4 aromatic rings. The quantitative estimate of drug-likeness (QED) is 0.0922. The van der Waals surface area contributed by atoms with Crippen LogP contribution < -0.4 is 26.0 Å². The summed E-state index contributed by atoms with van der Waals surface area (Å²) >= 11 is 11.8. The van der Waals surface area contributed by atoms with E-state index in [0.717, 1.165) is 5.56 Å². The first-order valence-corrected chi connectivity index (χ1v) is 15.5. The molecule has 0 radical (unpaired) electrons. The molecule has 5 N–H and O–H groups in total. The van der Waals surface area contributed by atoms with Crippen LogP contribution in [-0.2, 0) is 19.9 Å². The van der Waals surface area contributed by atoms with Gasteiger partial charge in [-0.05, 0) is 79.1 Å². The van der Waals surface area contributed by atoms with Crippen LogP contribution in [0.5, 0.6) is 6.01 Å². The van der Waals surface area contributed by atoms with Crippen molar-refractivity contribution in [2.45, 2.75) is 24.6 Å². The Bertz CT molecular complexity index is 1980. The van der Waals surface area contributed by atoms with Crippen LogP contribution >= 0.6 is 23.2 Å². The van der Waals surface area contributed by atoms with E-state index in [0.29, 0.717) is 22.9 Å². The highest BCUT2D eigenvalue weighted by Gasteiger charge is 2.45. The number of nitrogens with one attached hydrogen (secondary N) is 4. The molecule has 1 aliphatic carbocycles. The van der Waals surface area contributed by atoms with Gasteiger partial charge in [-0.1, -0.05) is 35.3 Å². The fourth-order valence-corrected chi connectivity index (χ4v) is 4.67. The lowest BCUT2D eigenvalue weighted by molar-refractivity contribution is -0.154. The number of carbonyl (C=O) groups is 4. The molecule has 264 valence electrons. The molecular weight excluding hydrogens is 720 g/mol. The number of aliphatic carboxylic acids is 1. The Labute approximate surface area is 296 Å². The second kappa shape index (κ2) is 15.4. The van der Waals surface area contributed by atoms with Crippen LogP contribution in [0.15, 0.2) is 77.8 Å². The highest BCUT2D eigenvalue weighted by molar-refractivity contribution is 6.42. The lowest BCUT2D eigenvalue weighted by atomic mass is 10.1. The van der Waals surface area contributed by atoms with Crippen LogP contribution in [0.25, 0.3) is 0 Å². The second-order valence-corrected chi connectivity index (χ2v) is 11.8. The van der Waals surface area contributed by atoms with Gasteiger partial charge in [-0.25, -0.2) is 9.79 Å². The number of ether oxygens (including phenoxy) is 1. The van der Waals surface area contributed by atoms with Crippen molar-refractivity contribution >= 4 is 75.9 Å². The first-order valence-electron chi connectivity index (χ1n) is 14.7. The van der Waals surface area contributed by atoms with Gasteiger partial charge in [-0.3, -0.25) is 14.4 Å². The highest BCUT2D eigenvalue weighted by atomic mass is 35.5. The third kappa shape index (κ3) is 10.3. The molecule has 1 aromatic heterocycles. The Morgan fingerprint density at radius 1 is 0.824 bits per heavy atom. The summed E-state index contributed by atoms with van der Waals surface area (Å²) in [5.74, 6) is -5.11. The first-order chi connectivity index (χ1) is 24.2. The minimum Gasteiger partial charge on any atom is -0.477 e. The molecule has 3 aromatic carbocycles. The maximum absolute atomic E-state index is 12.9. The fourth-order valence-electron chi connectivity index (χ4n) is 4.41. The van der Waals surface area contributed by atoms with Gasteiger partial charge in [0.15, 0.2) is 6.61 Å². The number of hydrogen-bond acceptors (Lipinski definition) is 10. The van der Waals surface area contributed by atoms with E-state index in [1.54, 1.807) is 12.1 Å². The molecule has 1 aliphatic rings. The van der Waals surface area contributed by atoms with E-state index in [-0.39, 0.29) is 28.8 Å². The van der Waals surface area contributed by atoms with Gasteiger partial charge < -0.3 is 31.1 Å². The zero-order chi connectivity index (χ0) is 36.8. The number of aliphatic imine (C=N–C) groups is 1. The molecule has 0 atom stereocenters. The van der Waals surface area contributed by atoms with E-state index in [1.165, 1.54) is 48.5 Å². The van der Waals surface area contributed by atoms with Crippen molar-refractivity contribution in [1.29, 1.82) is 0 Å². The van der Waals surface area contributed by atoms with Crippen LogP contribution in [0.2, 0.25) is 10.0 Å². The van der Waals surface area contributed by atoms with Gasteiger partial charge in [0.2, 0.25) is 11.9 Å². The lowest BCUT2D eigenvalue weighted by Gasteiger charge is -2.19. The van der Waals surface area contributed by atoms with Crippen molar-refractivity contribution in [3.63, 3.8) is 0 Å². The average Bonchev–Trinajstić information content (AvgIpc) is 3.86. The molecule has 1 fully saturated rings. The van der Waals surface area contributed by atoms with Gasteiger partial charge in [-0.15, -0.1) is 0 Å². The molecule has 0 aliphatic heterocycles. The monoisotopic (exact) mass is 744 g/mol. The zero-order valence-electron chi connectivity index (χ0n) is 25.9. The average molecular weight is 746 g/mol. The molecule has 0 saturated heterocycles. The largest absolute Gasteiger partial charge is 0.477 e. The van der Waals surface area contributed by atoms with Crippen LogP contribution in [0.3, 0.4) is 0 Å². The second-order valence-electron chi connectivity index (χ2n) is 10.9. The summed E-state index contributed by atoms with van der Waals surface area (Å²) in [6.07, 6.45) is -3.27. The number of carboxylic acid groups (broad SMARTS) is 1. The number of anilines is 4. The first kappa shape index (κ1) is 36.5. The number of amides is 3. The SMILES string of the molecule is O=C(O)C(CNC(=O)C(=O)Nc1ccc(Cl)cc1)=NC(=O)c1ccc(Nc2nc(NC3(c4ccc(Cl)cc4)CC3)nc(OCC(F)(F)F)n2)cc1. The normalized spacial score (nSPS) is 13.5. The predicted molar refractivity (Wildman–Crippen MR) is 180 cm³/mol. The van der Waals surface area contributed by atoms with Crippen LogP contribution in [0.4, 0.5) is 36.4 Å². The molecule has 5 rings (SSSR count). The lowest BCUT2D eigenvalue weighted by Crippen LogP contribution is -2.40. The van der Waals surface area contributed by atoms with Gasteiger partial charge in [0.05, 0.1) is 12.1 Å². The maximum atomic E-state index is 12.9. The summed E-state index contributed by atoms with van der Waals surface area (Å²) in [4.78, 5) is 64.6. The van der Waals surface area contributed by atoms with Crippen LogP contribution in [0.1, 0.15) is 28.8 Å². The smallest absolute Gasteiger partial charge is 0.422 e. The summed E-state index contributed by atoms with van der Waals surface area (Å²) in [6.45, 7) is -2.39. The summed E-state index contributed by atoms with van der Waals surface area (Å²) in [5.41, 5.74) is 0.0363. The number of rotatable bonds is 12. The van der Waals surface area contributed by atoms with Crippen molar-refractivity contribution in [3.05, 3.63) is 94.0 Å². The number of alkyl halides is 3. The van der Waals surface area contributed by atoms with Crippen LogP contribution in [-0.4, -0.2) is 68.8 Å². The third-order valence-electron chi connectivity index (χ3n) is 7.07. The molecule has 19 heteroatoms. The molecule has 1 heterocycles. The number of benzene rings is 3. The minimum absolute atomic E-state index is 0.0584. The van der Waals surface area contributed by atoms with Crippen molar-refractivity contribution in [2.24, 2.45) is 4.99 Å². The number of nitrogens with zero attached hydrogens (tertiary/aromatic N) is 4. The van der Waals surface area contributed by atoms with E-state index < -0.39 is 60.3 Å². The summed E-state index contributed by atoms with van der Waals surface area (Å²) in [5, 5.41) is 20.8. The van der Waals surface area contributed by atoms with Gasteiger partial charge in [0, 0.05) is 27.0 Å². The Kier molecular flexibility index (Phi) is 11.0. The number of carbonyl (C=O) groups excluding carboxylic acids is 3. The standard InChI is InChI=1S/C32H25Cl2F3N8O6/c33-19-5-3-18(4-6-19)31(13-14-31)45-29-42-28(43-30(44-29)51-16-32(35,36)37)40-22-9-1-17(2-10-22)24(46)41-23(27(49)50)15-38-25(47)26(48)39-21-11-7-20(34)8-12-21/h1-12H,13-16H2,(H,38,47)(H,39,48)(H,49,50)(H2,40,42,43,44,45). The van der Waals surface area contributed by atoms with E-state index in [4.69, 9.17) is 27.9 Å². The third-order valence-corrected chi connectivity index (χ3v) is 7.58. The Morgan fingerprint density at radius 3 is 2.00 bits per heavy atom. The number of aromatic nitrogens is 3. The minimum atomic E-state index is -4.65. The van der Waals surface area contributed by atoms with E-state index in [9.17, 15) is 37.5 Å².